The Morgan fingerprint density at radius 1 is 0.870 bits per heavy atom. The summed E-state index contributed by atoms with van der Waals surface area (Å²) in [5, 5.41) is 0. The standard InChI is InChI=1S/C17H18F3N3/c18-17(19,20)15-1-3-16(4-2-15)23-11-9-22(10-12-23)13-14-5-7-21-8-6-14/h1-8H,9-13H2. The molecule has 0 atom stereocenters. The van der Waals surface area contributed by atoms with Crippen molar-refractivity contribution in [2.24, 2.45) is 0 Å². The first-order valence-electron chi connectivity index (χ1n) is 7.56. The van der Waals surface area contributed by atoms with Gasteiger partial charge in [-0.15, -0.1) is 0 Å². The number of alkyl halides is 3. The fraction of sp³-hybridized carbons (Fsp3) is 0.353. The molecule has 6 heteroatoms. The van der Waals surface area contributed by atoms with E-state index in [-0.39, 0.29) is 0 Å². The van der Waals surface area contributed by atoms with E-state index in [1.54, 1.807) is 24.5 Å². The number of halogens is 3. The van der Waals surface area contributed by atoms with Crippen molar-refractivity contribution in [2.45, 2.75) is 12.7 Å². The van der Waals surface area contributed by atoms with Crippen LogP contribution in [0.3, 0.4) is 0 Å². The normalized spacial score (nSPS) is 16.6. The number of hydrogen-bond acceptors (Lipinski definition) is 3. The van der Waals surface area contributed by atoms with Crippen molar-refractivity contribution in [3.05, 3.63) is 59.9 Å². The highest BCUT2D eigenvalue weighted by Crippen LogP contribution is 2.30. The fourth-order valence-corrected chi connectivity index (χ4v) is 2.77. The number of anilines is 1. The molecule has 1 fully saturated rings. The van der Waals surface area contributed by atoms with E-state index >= 15 is 0 Å². The van der Waals surface area contributed by atoms with Gasteiger partial charge in [0.2, 0.25) is 0 Å². The largest absolute Gasteiger partial charge is 0.416 e. The Balaban J connectivity index is 1.56. The van der Waals surface area contributed by atoms with Gasteiger partial charge in [-0.1, -0.05) is 0 Å². The lowest BCUT2D eigenvalue weighted by Gasteiger charge is -2.36. The highest BCUT2D eigenvalue weighted by Gasteiger charge is 2.30. The Bertz CT molecular complexity index is 618. The summed E-state index contributed by atoms with van der Waals surface area (Å²) in [5.74, 6) is 0. The van der Waals surface area contributed by atoms with Gasteiger partial charge in [0.1, 0.15) is 0 Å². The average molecular weight is 321 g/mol. The maximum atomic E-state index is 12.6. The zero-order valence-corrected chi connectivity index (χ0v) is 12.6. The van der Waals surface area contributed by atoms with Gasteiger partial charge in [-0.25, -0.2) is 0 Å². The Hall–Kier alpha value is -2.08. The quantitative estimate of drug-likeness (QED) is 0.863. The molecule has 122 valence electrons. The third-order valence-electron chi connectivity index (χ3n) is 4.09. The van der Waals surface area contributed by atoms with Gasteiger partial charge >= 0.3 is 6.18 Å². The number of pyridine rings is 1. The van der Waals surface area contributed by atoms with Crippen LogP contribution in [0, 0.1) is 0 Å². The molecule has 0 aliphatic carbocycles. The summed E-state index contributed by atoms with van der Waals surface area (Å²) in [6.07, 6.45) is -0.705. The zero-order chi connectivity index (χ0) is 16.3. The molecule has 1 aromatic carbocycles. The van der Waals surface area contributed by atoms with Crippen molar-refractivity contribution in [3.8, 4) is 0 Å². The monoisotopic (exact) mass is 321 g/mol. The number of rotatable bonds is 3. The average Bonchev–Trinajstić information content (AvgIpc) is 2.56. The van der Waals surface area contributed by atoms with E-state index in [0.717, 1.165) is 50.5 Å². The van der Waals surface area contributed by atoms with Gasteiger partial charge in [0.25, 0.3) is 0 Å². The van der Waals surface area contributed by atoms with Crippen molar-refractivity contribution < 1.29 is 13.2 Å². The molecule has 0 amide bonds. The minimum atomic E-state index is -4.28. The third-order valence-corrected chi connectivity index (χ3v) is 4.09. The summed E-state index contributed by atoms with van der Waals surface area (Å²) < 4.78 is 37.8. The third kappa shape index (κ3) is 4.01. The Labute approximate surface area is 133 Å². The first-order chi connectivity index (χ1) is 11.0. The van der Waals surface area contributed by atoms with Crippen LogP contribution in [0.1, 0.15) is 11.1 Å². The molecule has 0 bridgehead atoms. The number of piperazine rings is 1. The molecule has 23 heavy (non-hydrogen) atoms. The van der Waals surface area contributed by atoms with Crippen LogP contribution in [0.5, 0.6) is 0 Å². The predicted octanol–water partition coefficient (Wildman–Crippen LogP) is 3.42. The van der Waals surface area contributed by atoms with Gasteiger partial charge in [-0.3, -0.25) is 9.88 Å². The van der Waals surface area contributed by atoms with E-state index in [0.29, 0.717) is 0 Å². The Kier molecular flexibility index (Phi) is 4.52. The molecule has 0 radical (unpaired) electrons. The van der Waals surface area contributed by atoms with Gasteiger partial charge in [-0.05, 0) is 42.0 Å². The van der Waals surface area contributed by atoms with E-state index in [1.807, 2.05) is 12.1 Å². The lowest BCUT2D eigenvalue weighted by Crippen LogP contribution is -2.45. The van der Waals surface area contributed by atoms with Crippen LogP contribution in [0.15, 0.2) is 48.8 Å². The highest BCUT2D eigenvalue weighted by molar-refractivity contribution is 5.48. The van der Waals surface area contributed by atoms with Gasteiger partial charge < -0.3 is 4.90 Å². The Morgan fingerprint density at radius 2 is 1.48 bits per heavy atom. The van der Waals surface area contributed by atoms with Crippen molar-refractivity contribution in [3.63, 3.8) is 0 Å². The summed E-state index contributed by atoms with van der Waals surface area (Å²) in [7, 11) is 0. The van der Waals surface area contributed by atoms with E-state index in [1.165, 1.54) is 5.56 Å². The van der Waals surface area contributed by atoms with Crippen molar-refractivity contribution in [2.75, 3.05) is 31.1 Å². The molecular formula is C17H18F3N3. The van der Waals surface area contributed by atoms with E-state index < -0.39 is 11.7 Å². The molecule has 0 saturated carbocycles. The first kappa shape index (κ1) is 15.8. The molecule has 2 heterocycles. The molecule has 1 aliphatic heterocycles. The molecule has 0 N–H and O–H groups in total. The van der Waals surface area contributed by atoms with Gasteiger partial charge in [0, 0.05) is 50.8 Å². The topological polar surface area (TPSA) is 19.4 Å². The van der Waals surface area contributed by atoms with Crippen LogP contribution in [0.2, 0.25) is 0 Å². The van der Waals surface area contributed by atoms with E-state index in [4.69, 9.17) is 0 Å². The minimum absolute atomic E-state index is 0.599. The molecule has 0 spiro atoms. The fourth-order valence-electron chi connectivity index (χ4n) is 2.77. The van der Waals surface area contributed by atoms with Crippen LogP contribution in [0.4, 0.5) is 18.9 Å². The maximum Gasteiger partial charge on any atom is 0.416 e. The lowest BCUT2D eigenvalue weighted by molar-refractivity contribution is -0.137. The molecule has 2 aromatic rings. The van der Waals surface area contributed by atoms with E-state index in [9.17, 15) is 13.2 Å². The second kappa shape index (κ2) is 6.58. The van der Waals surface area contributed by atoms with Crippen LogP contribution >= 0.6 is 0 Å². The first-order valence-corrected chi connectivity index (χ1v) is 7.56. The number of nitrogens with zero attached hydrogens (tertiary/aromatic N) is 3. The second-order valence-electron chi connectivity index (χ2n) is 5.66. The highest BCUT2D eigenvalue weighted by atomic mass is 19.4. The predicted molar refractivity (Wildman–Crippen MR) is 83.2 cm³/mol. The summed E-state index contributed by atoms with van der Waals surface area (Å²) in [6.45, 7) is 4.29. The summed E-state index contributed by atoms with van der Waals surface area (Å²) >= 11 is 0. The van der Waals surface area contributed by atoms with Crippen molar-refractivity contribution in [1.82, 2.24) is 9.88 Å². The lowest BCUT2D eigenvalue weighted by atomic mass is 10.1. The van der Waals surface area contributed by atoms with Crippen LogP contribution in [-0.4, -0.2) is 36.1 Å². The van der Waals surface area contributed by atoms with Crippen LogP contribution < -0.4 is 4.90 Å². The van der Waals surface area contributed by atoms with Crippen molar-refractivity contribution in [1.29, 1.82) is 0 Å². The number of aromatic nitrogens is 1. The summed E-state index contributed by atoms with van der Waals surface area (Å²) in [4.78, 5) is 8.48. The van der Waals surface area contributed by atoms with Gasteiger partial charge in [0.05, 0.1) is 5.56 Å². The second-order valence-corrected chi connectivity index (χ2v) is 5.66. The number of benzene rings is 1. The Morgan fingerprint density at radius 3 is 2.04 bits per heavy atom. The van der Waals surface area contributed by atoms with Crippen molar-refractivity contribution >= 4 is 5.69 Å². The van der Waals surface area contributed by atoms with Crippen LogP contribution in [-0.2, 0) is 12.7 Å². The van der Waals surface area contributed by atoms with Crippen LogP contribution in [0.25, 0.3) is 0 Å². The maximum absolute atomic E-state index is 12.6. The molecule has 1 aromatic heterocycles. The molecule has 3 nitrogen and oxygen atoms in total. The summed E-state index contributed by atoms with van der Waals surface area (Å²) in [6, 6.07) is 9.42. The summed E-state index contributed by atoms with van der Waals surface area (Å²) in [5.41, 5.74) is 1.47. The minimum Gasteiger partial charge on any atom is -0.369 e. The zero-order valence-electron chi connectivity index (χ0n) is 12.6. The molecular weight excluding hydrogens is 303 g/mol. The molecule has 3 rings (SSSR count). The SMILES string of the molecule is FC(F)(F)c1ccc(N2CCN(Cc3ccncc3)CC2)cc1. The smallest absolute Gasteiger partial charge is 0.369 e. The molecule has 1 saturated heterocycles. The van der Waals surface area contributed by atoms with Gasteiger partial charge in [-0.2, -0.15) is 13.2 Å². The molecule has 0 unspecified atom stereocenters. The van der Waals surface area contributed by atoms with E-state index in [2.05, 4.69) is 14.8 Å². The molecule has 1 aliphatic rings. The van der Waals surface area contributed by atoms with Gasteiger partial charge in [0.15, 0.2) is 0 Å². The number of hydrogen-bond donors (Lipinski definition) is 0.